The van der Waals surface area contributed by atoms with Crippen molar-refractivity contribution in [3.05, 3.63) is 40.3 Å². The molecule has 146 valence electrons. The lowest BCUT2D eigenvalue weighted by Gasteiger charge is -2.25. The number of fused-ring (bicyclic) bond motifs is 1. The Morgan fingerprint density at radius 3 is 2.74 bits per heavy atom. The lowest BCUT2D eigenvalue weighted by atomic mass is 10.1. The molecule has 1 aromatic heterocycles. The van der Waals surface area contributed by atoms with E-state index in [1.165, 1.54) is 32.5 Å². The summed E-state index contributed by atoms with van der Waals surface area (Å²) < 4.78 is 39.0. The van der Waals surface area contributed by atoms with Crippen LogP contribution in [0.5, 0.6) is 11.5 Å². The fourth-order valence-corrected chi connectivity index (χ4v) is 5.64. The van der Waals surface area contributed by atoms with Crippen LogP contribution in [0.25, 0.3) is 0 Å². The molecular weight excluding hydrogens is 388 g/mol. The summed E-state index contributed by atoms with van der Waals surface area (Å²) in [6.07, 6.45) is 0.679. The van der Waals surface area contributed by atoms with Crippen molar-refractivity contribution in [2.24, 2.45) is 0 Å². The normalized spacial score (nSPS) is 14.0. The van der Waals surface area contributed by atoms with Crippen LogP contribution in [0.3, 0.4) is 0 Å². The van der Waals surface area contributed by atoms with Crippen LogP contribution in [-0.4, -0.2) is 40.0 Å². The molecule has 0 radical (unpaired) electrons. The first-order valence-electron chi connectivity index (χ1n) is 8.42. The molecule has 3 rings (SSSR count). The second-order valence-electron chi connectivity index (χ2n) is 6.18. The molecule has 1 aliphatic rings. The van der Waals surface area contributed by atoms with E-state index in [-0.39, 0.29) is 16.7 Å². The van der Waals surface area contributed by atoms with Crippen molar-refractivity contribution >= 4 is 27.3 Å². The molecule has 0 saturated carbocycles. The molecule has 2 heterocycles. The van der Waals surface area contributed by atoms with Crippen molar-refractivity contribution in [3.8, 4) is 11.5 Å². The quantitative estimate of drug-likeness (QED) is 0.789. The maximum absolute atomic E-state index is 12.7. The number of benzene rings is 1. The lowest BCUT2D eigenvalue weighted by Crippen LogP contribution is -2.33. The summed E-state index contributed by atoms with van der Waals surface area (Å²) in [5.41, 5.74) is 1.59. The molecule has 7 nitrogen and oxygen atoms in total. The van der Waals surface area contributed by atoms with Crippen molar-refractivity contribution < 1.29 is 22.7 Å². The maximum atomic E-state index is 12.7. The topological polar surface area (TPSA) is 84.9 Å². The molecule has 9 heteroatoms. The van der Waals surface area contributed by atoms with Gasteiger partial charge in [0.2, 0.25) is 15.9 Å². The molecule has 27 heavy (non-hydrogen) atoms. The number of carbonyl (C=O) groups is 1. The summed E-state index contributed by atoms with van der Waals surface area (Å²) in [6, 6.07) is 6.99. The predicted molar refractivity (Wildman–Crippen MR) is 103 cm³/mol. The fraction of sp³-hybridized carbons (Fsp3) is 0.389. The summed E-state index contributed by atoms with van der Waals surface area (Å²) in [5.74, 6) is 1.05. The average molecular weight is 411 g/mol. The predicted octanol–water partition coefficient (Wildman–Crippen LogP) is 2.15. The monoisotopic (exact) mass is 410 g/mol. The van der Waals surface area contributed by atoms with E-state index < -0.39 is 10.0 Å². The number of methoxy groups -OCH3 is 2. The lowest BCUT2D eigenvalue weighted by molar-refractivity contribution is -0.129. The molecule has 0 unspecified atom stereocenters. The third-order valence-electron chi connectivity index (χ3n) is 4.49. The van der Waals surface area contributed by atoms with Crippen LogP contribution in [0.1, 0.15) is 22.9 Å². The van der Waals surface area contributed by atoms with Crippen LogP contribution >= 0.6 is 11.3 Å². The van der Waals surface area contributed by atoms with Crippen molar-refractivity contribution in [3.63, 3.8) is 0 Å². The molecule has 1 N–H and O–H groups in total. The number of sulfonamides is 1. The number of rotatable bonds is 6. The number of carbonyl (C=O) groups excluding carboxylic acids is 1. The minimum atomic E-state index is -3.67. The van der Waals surface area contributed by atoms with E-state index in [1.54, 1.807) is 29.2 Å². The van der Waals surface area contributed by atoms with Crippen LogP contribution in [0.4, 0.5) is 0 Å². The third-order valence-corrected chi connectivity index (χ3v) is 7.60. The second-order valence-corrected chi connectivity index (χ2v) is 9.31. The second kappa shape index (κ2) is 7.87. The highest BCUT2D eigenvalue weighted by Crippen LogP contribution is 2.33. The maximum Gasteiger partial charge on any atom is 0.250 e. The molecule has 1 amide bonds. The fourth-order valence-electron chi connectivity index (χ4n) is 3.04. The standard InChI is InChI=1S/C18H22N2O5S2/c1-12(21)20-8-7-16-14(11-20)9-17(26-16)27(22,23)19-10-13-5-4-6-15(24-2)18(13)25-3/h4-6,9,19H,7-8,10-11H2,1-3H3. The number of amides is 1. The van der Waals surface area contributed by atoms with E-state index in [9.17, 15) is 13.2 Å². The van der Waals surface area contributed by atoms with Gasteiger partial charge in [-0.3, -0.25) is 4.79 Å². The molecule has 0 saturated heterocycles. The molecule has 2 aromatic rings. The SMILES string of the molecule is COc1cccc(CNS(=O)(=O)c2cc3c(s2)CCN(C(C)=O)C3)c1OC. The minimum Gasteiger partial charge on any atom is -0.493 e. The first-order valence-corrected chi connectivity index (χ1v) is 10.7. The Bertz CT molecular complexity index is 953. The molecule has 0 bridgehead atoms. The van der Waals surface area contributed by atoms with Gasteiger partial charge in [0.15, 0.2) is 11.5 Å². The van der Waals surface area contributed by atoms with E-state index in [0.717, 1.165) is 10.4 Å². The number of hydrogen-bond acceptors (Lipinski definition) is 6. The van der Waals surface area contributed by atoms with Crippen molar-refractivity contribution in [1.82, 2.24) is 9.62 Å². The van der Waals surface area contributed by atoms with Gasteiger partial charge < -0.3 is 14.4 Å². The number of thiophene rings is 1. The smallest absolute Gasteiger partial charge is 0.250 e. The summed E-state index contributed by atoms with van der Waals surface area (Å²) in [7, 11) is -0.614. The van der Waals surface area contributed by atoms with Gasteiger partial charge in [-0.05, 0) is 24.1 Å². The molecule has 0 fully saturated rings. The van der Waals surface area contributed by atoms with Gasteiger partial charge in [-0.25, -0.2) is 13.1 Å². The number of nitrogens with zero attached hydrogens (tertiary/aromatic N) is 1. The van der Waals surface area contributed by atoms with Gasteiger partial charge in [-0.15, -0.1) is 11.3 Å². The largest absolute Gasteiger partial charge is 0.493 e. The highest BCUT2D eigenvalue weighted by Gasteiger charge is 2.25. The van der Waals surface area contributed by atoms with Crippen LogP contribution in [0, 0.1) is 0 Å². The molecule has 0 atom stereocenters. The van der Waals surface area contributed by atoms with Crippen LogP contribution in [0.2, 0.25) is 0 Å². The first-order chi connectivity index (χ1) is 12.9. The zero-order valence-corrected chi connectivity index (χ0v) is 17.1. The number of para-hydroxylation sites is 1. The Kier molecular flexibility index (Phi) is 5.73. The molecule has 0 aliphatic carbocycles. The van der Waals surface area contributed by atoms with E-state index in [1.807, 2.05) is 0 Å². The number of nitrogens with one attached hydrogen (secondary N) is 1. The van der Waals surface area contributed by atoms with E-state index in [0.29, 0.717) is 36.6 Å². The van der Waals surface area contributed by atoms with Crippen LogP contribution < -0.4 is 14.2 Å². The zero-order valence-electron chi connectivity index (χ0n) is 15.4. The molecule has 1 aliphatic heterocycles. The molecule has 0 spiro atoms. The van der Waals surface area contributed by atoms with Gasteiger partial charge >= 0.3 is 0 Å². The summed E-state index contributed by atoms with van der Waals surface area (Å²) >= 11 is 1.26. The Hall–Kier alpha value is -2.10. The summed E-state index contributed by atoms with van der Waals surface area (Å²) in [6.45, 7) is 2.69. The Morgan fingerprint density at radius 2 is 2.07 bits per heavy atom. The number of hydrogen-bond donors (Lipinski definition) is 1. The van der Waals surface area contributed by atoms with Gasteiger partial charge in [0.25, 0.3) is 0 Å². The van der Waals surface area contributed by atoms with Crippen LogP contribution in [0.15, 0.2) is 28.5 Å². The Balaban J connectivity index is 1.78. The molecular formula is C18H22N2O5S2. The van der Waals surface area contributed by atoms with Crippen molar-refractivity contribution in [2.75, 3.05) is 20.8 Å². The summed E-state index contributed by atoms with van der Waals surface area (Å²) in [4.78, 5) is 14.3. The molecule has 1 aromatic carbocycles. The average Bonchev–Trinajstić information content (AvgIpc) is 3.10. The van der Waals surface area contributed by atoms with E-state index in [4.69, 9.17) is 9.47 Å². The zero-order chi connectivity index (χ0) is 19.6. The van der Waals surface area contributed by atoms with Crippen molar-refractivity contribution in [2.45, 2.75) is 30.6 Å². The van der Waals surface area contributed by atoms with Gasteiger partial charge in [0, 0.05) is 37.0 Å². The van der Waals surface area contributed by atoms with Crippen molar-refractivity contribution in [1.29, 1.82) is 0 Å². The third kappa shape index (κ3) is 4.10. The first kappa shape index (κ1) is 19.7. The summed E-state index contributed by atoms with van der Waals surface area (Å²) in [5, 5.41) is 0. The van der Waals surface area contributed by atoms with Crippen LogP contribution in [-0.2, 0) is 34.3 Å². The number of ether oxygens (including phenoxy) is 2. The van der Waals surface area contributed by atoms with E-state index >= 15 is 0 Å². The Labute approximate surface area is 163 Å². The highest BCUT2D eigenvalue weighted by molar-refractivity contribution is 7.91. The van der Waals surface area contributed by atoms with Gasteiger partial charge in [0.1, 0.15) is 4.21 Å². The highest BCUT2D eigenvalue weighted by atomic mass is 32.2. The minimum absolute atomic E-state index is 0.000461. The van der Waals surface area contributed by atoms with Gasteiger partial charge in [-0.2, -0.15) is 0 Å². The Morgan fingerprint density at radius 1 is 1.30 bits per heavy atom. The van der Waals surface area contributed by atoms with Gasteiger partial charge in [0.05, 0.1) is 14.2 Å². The van der Waals surface area contributed by atoms with Gasteiger partial charge in [-0.1, -0.05) is 12.1 Å². The van der Waals surface area contributed by atoms with E-state index in [2.05, 4.69) is 4.72 Å².